The van der Waals surface area contributed by atoms with Crippen LogP contribution in [0.4, 0.5) is 8.78 Å². The molecule has 0 spiro atoms. The number of rotatable bonds is 7. The third-order valence-corrected chi connectivity index (χ3v) is 5.54. The summed E-state index contributed by atoms with van der Waals surface area (Å²) in [6.07, 6.45) is 4.86. The largest absolute Gasteiger partial charge is 0.493 e. The minimum absolute atomic E-state index is 0.00164. The number of amides is 1. The Hall–Kier alpha value is -2.15. The molecule has 1 heterocycles. The Kier molecular flexibility index (Phi) is 6.08. The van der Waals surface area contributed by atoms with Crippen LogP contribution in [0.25, 0.3) is 0 Å². The molecule has 26 heavy (non-hydrogen) atoms. The maximum atomic E-state index is 12.5. The summed E-state index contributed by atoms with van der Waals surface area (Å²) < 4.78 is 34.5. The molecule has 1 aliphatic carbocycles. The zero-order valence-corrected chi connectivity index (χ0v) is 15.3. The number of alkyl halides is 2. The number of ether oxygens (including phenoxy) is 2. The predicted octanol–water partition coefficient (Wildman–Crippen LogP) is 4.21. The van der Waals surface area contributed by atoms with E-state index in [1.54, 1.807) is 23.5 Å². The van der Waals surface area contributed by atoms with Gasteiger partial charge in [0.25, 0.3) is 5.91 Å². The molecule has 0 aliphatic heterocycles. The van der Waals surface area contributed by atoms with Gasteiger partial charge >= 0.3 is 6.61 Å². The Morgan fingerprint density at radius 2 is 2.08 bits per heavy atom. The second kappa shape index (κ2) is 8.49. The zero-order chi connectivity index (χ0) is 18.5. The van der Waals surface area contributed by atoms with Crippen LogP contribution in [-0.4, -0.2) is 26.2 Å². The molecule has 1 N–H and O–H groups in total. The summed E-state index contributed by atoms with van der Waals surface area (Å²) in [4.78, 5) is 13.8. The van der Waals surface area contributed by atoms with Crippen molar-refractivity contribution < 1.29 is 23.0 Å². The van der Waals surface area contributed by atoms with E-state index in [0.29, 0.717) is 13.0 Å². The number of fused-ring (bicyclic) bond motifs is 1. The maximum absolute atomic E-state index is 12.5. The number of aryl methyl sites for hydroxylation is 1. The van der Waals surface area contributed by atoms with Crippen molar-refractivity contribution in [3.05, 3.63) is 45.1 Å². The molecule has 3 rings (SSSR count). The number of halogens is 2. The molecule has 0 radical (unpaired) electrons. The summed E-state index contributed by atoms with van der Waals surface area (Å²) in [5.74, 6) is 0.184. The van der Waals surface area contributed by atoms with Crippen LogP contribution in [0.15, 0.2) is 23.6 Å². The van der Waals surface area contributed by atoms with Crippen LogP contribution >= 0.6 is 11.3 Å². The standard InChI is InChI=1S/C19H21F2NO3S/c1-24-15-7-6-12(10-16(15)25-19(20)21)8-9-22-18(23)14-11-26-17-5-3-2-4-13(14)17/h6-7,10-11,19H,2-5,8-9H2,1H3,(H,22,23). The van der Waals surface area contributed by atoms with Crippen molar-refractivity contribution in [1.82, 2.24) is 5.32 Å². The second-order valence-electron chi connectivity index (χ2n) is 6.13. The van der Waals surface area contributed by atoms with Crippen molar-refractivity contribution in [2.75, 3.05) is 13.7 Å². The molecule has 1 amide bonds. The first kappa shape index (κ1) is 18.6. The van der Waals surface area contributed by atoms with Crippen LogP contribution in [0.3, 0.4) is 0 Å². The van der Waals surface area contributed by atoms with E-state index in [4.69, 9.17) is 4.74 Å². The van der Waals surface area contributed by atoms with Crippen LogP contribution in [0.5, 0.6) is 11.5 Å². The number of carbonyl (C=O) groups excluding carboxylic acids is 1. The van der Waals surface area contributed by atoms with Gasteiger partial charge in [0, 0.05) is 16.8 Å². The molecule has 0 atom stereocenters. The number of methoxy groups -OCH3 is 1. The van der Waals surface area contributed by atoms with Crippen LogP contribution in [0, 0.1) is 0 Å². The summed E-state index contributed by atoms with van der Waals surface area (Å²) in [6.45, 7) is -2.49. The quantitative estimate of drug-likeness (QED) is 0.782. The first-order chi connectivity index (χ1) is 12.6. The summed E-state index contributed by atoms with van der Waals surface area (Å²) >= 11 is 1.66. The molecular weight excluding hydrogens is 360 g/mol. The van der Waals surface area contributed by atoms with E-state index in [-0.39, 0.29) is 17.4 Å². The lowest BCUT2D eigenvalue weighted by Gasteiger charge is -2.13. The van der Waals surface area contributed by atoms with E-state index in [2.05, 4.69) is 10.1 Å². The van der Waals surface area contributed by atoms with E-state index in [9.17, 15) is 13.6 Å². The number of hydrogen-bond donors (Lipinski definition) is 1. The SMILES string of the molecule is COc1ccc(CCNC(=O)c2csc3c2CCCC3)cc1OC(F)F. The molecule has 0 saturated heterocycles. The fraction of sp³-hybridized carbons (Fsp3) is 0.421. The van der Waals surface area contributed by atoms with Gasteiger partial charge in [-0.05, 0) is 55.4 Å². The van der Waals surface area contributed by atoms with Gasteiger partial charge in [-0.3, -0.25) is 4.79 Å². The molecule has 0 bridgehead atoms. The topological polar surface area (TPSA) is 47.6 Å². The second-order valence-corrected chi connectivity index (χ2v) is 7.09. The van der Waals surface area contributed by atoms with Gasteiger partial charge in [-0.2, -0.15) is 8.78 Å². The molecule has 1 aliphatic rings. The normalized spacial score (nSPS) is 13.4. The minimum atomic E-state index is -2.91. The van der Waals surface area contributed by atoms with Gasteiger partial charge in [-0.15, -0.1) is 11.3 Å². The molecule has 0 saturated carbocycles. The van der Waals surface area contributed by atoms with Crippen LogP contribution in [0.1, 0.15) is 39.2 Å². The Bertz CT molecular complexity index is 776. The number of nitrogens with one attached hydrogen (secondary N) is 1. The van der Waals surface area contributed by atoms with Crippen molar-refractivity contribution in [2.45, 2.75) is 38.7 Å². The molecule has 1 aromatic heterocycles. The van der Waals surface area contributed by atoms with E-state index >= 15 is 0 Å². The predicted molar refractivity (Wildman–Crippen MR) is 96.6 cm³/mol. The molecule has 7 heteroatoms. The average molecular weight is 381 g/mol. The molecular formula is C19H21F2NO3S. The number of thiophene rings is 1. The third-order valence-electron chi connectivity index (χ3n) is 4.45. The Labute approximate surface area is 155 Å². The maximum Gasteiger partial charge on any atom is 0.387 e. The van der Waals surface area contributed by atoms with Crippen molar-refractivity contribution in [1.29, 1.82) is 0 Å². The van der Waals surface area contributed by atoms with Gasteiger partial charge in [0.15, 0.2) is 11.5 Å². The van der Waals surface area contributed by atoms with E-state index in [1.807, 2.05) is 5.38 Å². The van der Waals surface area contributed by atoms with Gasteiger partial charge in [-0.1, -0.05) is 6.07 Å². The van der Waals surface area contributed by atoms with Gasteiger partial charge < -0.3 is 14.8 Å². The lowest BCUT2D eigenvalue weighted by Crippen LogP contribution is -2.26. The molecule has 0 fully saturated rings. The number of carbonyl (C=O) groups is 1. The first-order valence-electron chi connectivity index (χ1n) is 8.57. The highest BCUT2D eigenvalue weighted by atomic mass is 32.1. The van der Waals surface area contributed by atoms with Gasteiger partial charge in [0.05, 0.1) is 12.7 Å². The van der Waals surface area contributed by atoms with E-state index < -0.39 is 6.61 Å². The Morgan fingerprint density at radius 1 is 1.27 bits per heavy atom. The van der Waals surface area contributed by atoms with Crippen molar-refractivity contribution >= 4 is 17.2 Å². The third kappa shape index (κ3) is 4.33. The average Bonchev–Trinajstić information content (AvgIpc) is 3.05. The zero-order valence-electron chi connectivity index (χ0n) is 14.5. The highest BCUT2D eigenvalue weighted by Crippen LogP contribution is 2.31. The summed E-state index contributed by atoms with van der Waals surface area (Å²) in [7, 11) is 1.40. The first-order valence-corrected chi connectivity index (χ1v) is 9.45. The van der Waals surface area contributed by atoms with Crippen LogP contribution < -0.4 is 14.8 Å². The molecule has 0 unspecified atom stereocenters. The van der Waals surface area contributed by atoms with E-state index in [1.165, 1.54) is 30.0 Å². The van der Waals surface area contributed by atoms with Crippen LogP contribution in [0.2, 0.25) is 0 Å². The fourth-order valence-electron chi connectivity index (χ4n) is 3.16. The number of hydrogen-bond acceptors (Lipinski definition) is 4. The molecule has 2 aromatic rings. The molecule has 140 valence electrons. The van der Waals surface area contributed by atoms with Gasteiger partial charge in [0.1, 0.15) is 0 Å². The lowest BCUT2D eigenvalue weighted by atomic mass is 9.95. The Morgan fingerprint density at radius 3 is 2.85 bits per heavy atom. The Balaban J connectivity index is 1.59. The summed E-state index contributed by atoms with van der Waals surface area (Å²) in [6, 6.07) is 4.88. The monoisotopic (exact) mass is 381 g/mol. The van der Waals surface area contributed by atoms with Crippen molar-refractivity contribution in [2.24, 2.45) is 0 Å². The van der Waals surface area contributed by atoms with Crippen molar-refractivity contribution in [3.8, 4) is 11.5 Å². The minimum Gasteiger partial charge on any atom is -0.493 e. The van der Waals surface area contributed by atoms with Gasteiger partial charge in [-0.25, -0.2) is 0 Å². The number of benzene rings is 1. The highest BCUT2D eigenvalue weighted by molar-refractivity contribution is 7.10. The molecule has 4 nitrogen and oxygen atoms in total. The molecule has 1 aromatic carbocycles. The smallest absolute Gasteiger partial charge is 0.387 e. The van der Waals surface area contributed by atoms with Gasteiger partial charge in [0.2, 0.25) is 0 Å². The summed E-state index contributed by atoms with van der Waals surface area (Å²) in [5.41, 5.74) is 2.76. The van der Waals surface area contributed by atoms with Crippen LogP contribution in [-0.2, 0) is 19.3 Å². The fourth-order valence-corrected chi connectivity index (χ4v) is 4.29. The van der Waals surface area contributed by atoms with E-state index in [0.717, 1.165) is 30.4 Å². The lowest BCUT2D eigenvalue weighted by molar-refractivity contribution is -0.0512. The van der Waals surface area contributed by atoms with Crippen molar-refractivity contribution in [3.63, 3.8) is 0 Å². The highest BCUT2D eigenvalue weighted by Gasteiger charge is 2.19. The summed E-state index contributed by atoms with van der Waals surface area (Å²) in [5, 5.41) is 4.86.